The number of nitriles is 2. The van der Waals surface area contributed by atoms with Crippen LogP contribution in [-0.4, -0.2) is 31.3 Å². The Morgan fingerprint density at radius 3 is 2.61 bits per heavy atom. The molecule has 0 bridgehead atoms. The summed E-state index contributed by atoms with van der Waals surface area (Å²) in [5.74, 6) is 1.23. The number of nitrogens with zero attached hydrogens (tertiary/aromatic N) is 4. The molecule has 0 fully saturated rings. The Hall–Kier alpha value is -4.02. The van der Waals surface area contributed by atoms with Crippen molar-refractivity contribution in [1.82, 2.24) is 10.3 Å². The molecule has 0 saturated carbocycles. The summed E-state index contributed by atoms with van der Waals surface area (Å²) in [5.41, 5.74) is 13.6. The molecule has 0 amide bonds. The molecule has 1 aliphatic rings. The Bertz CT molecular complexity index is 989. The molecule has 1 aliphatic heterocycles. The van der Waals surface area contributed by atoms with Gasteiger partial charge in [-0.25, -0.2) is 9.98 Å². The molecule has 0 spiro atoms. The average molecular weight is 378 g/mol. The number of fused-ring (bicyclic) bond motifs is 1. The van der Waals surface area contributed by atoms with Crippen molar-refractivity contribution in [2.24, 2.45) is 4.99 Å². The van der Waals surface area contributed by atoms with E-state index in [1.54, 1.807) is 19.2 Å². The smallest absolute Gasteiger partial charge is 0.211 e. The fourth-order valence-corrected chi connectivity index (χ4v) is 2.81. The van der Waals surface area contributed by atoms with Crippen molar-refractivity contribution in [2.45, 2.75) is 6.04 Å². The van der Waals surface area contributed by atoms with Gasteiger partial charge in [0.1, 0.15) is 41.7 Å². The number of hydrogen-bond acceptors (Lipinski definition) is 10. The van der Waals surface area contributed by atoms with E-state index in [1.165, 1.54) is 0 Å². The Morgan fingerprint density at radius 1 is 1.21 bits per heavy atom. The maximum atomic E-state index is 9.34. The first-order valence-corrected chi connectivity index (χ1v) is 8.29. The van der Waals surface area contributed by atoms with E-state index in [2.05, 4.69) is 20.6 Å². The zero-order valence-corrected chi connectivity index (χ0v) is 15.1. The van der Waals surface area contributed by atoms with Gasteiger partial charge in [-0.05, 0) is 17.7 Å². The topological polar surface area (TPSA) is 167 Å². The molecule has 2 heterocycles. The third-order valence-corrected chi connectivity index (χ3v) is 4.11. The minimum atomic E-state index is -0.583. The van der Waals surface area contributed by atoms with Crippen molar-refractivity contribution in [1.29, 1.82) is 10.5 Å². The number of nitrogen functional groups attached to an aromatic ring is 2. The van der Waals surface area contributed by atoms with Crippen LogP contribution in [0.4, 0.5) is 17.3 Å². The number of aromatic nitrogens is 1. The van der Waals surface area contributed by atoms with E-state index in [0.717, 1.165) is 5.56 Å². The second kappa shape index (κ2) is 8.12. The predicted octanol–water partition coefficient (Wildman–Crippen LogP) is 1.08. The van der Waals surface area contributed by atoms with Crippen LogP contribution < -0.4 is 26.8 Å². The quantitative estimate of drug-likeness (QED) is 0.338. The minimum absolute atomic E-state index is 0.00472. The number of aliphatic imine (C=N–C) groups is 1. The van der Waals surface area contributed by atoms with Crippen molar-refractivity contribution in [2.75, 3.05) is 37.1 Å². The highest BCUT2D eigenvalue weighted by Crippen LogP contribution is 2.40. The average Bonchev–Trinajstić information content (AvgIpc) is 2.68. The molecule has 6 N–H and O–H groups in total. The van der Waals surface area contributed by atoms with Crippen LogP contribution in [0.1, 0.15) is 22.7 Å². The van der Waals surface area contributed by atoms with Gasteiger partial charge in [-0.15, -0.1) is 0 Å². The zero-order chi connectivity index (χ0) is 20.1. The van der Waals surface area contributed by atoms with Gasteiger partial charge in [0.15, 0.2) is 6.19 Å². The van der Waals surface area contributed by atoms with E-state index in [9.17, 15) is 5.26 Å². The van der Waals surface area contributed by atoms with Crippen LogP contribution in [-0.2, 0) is 4.74 Å². The number of hydrogen-bond donors (Lipinski definition) is 4. The second-order valence-electron chi connectivity index (χ2n) is 5.81. The molecule has 1 unspecified atom stereocenters. The van der Waals surface area contributed by atoms with Gasteiger partial charge >= 0.3 is 0 Å². The van der Waals surface area contributed by atoms with Crippen LogP contribution in [0.2, 0.25) is 0 Å². The highest BCUT2D eigenvalue weighted by atomic mass is 16.5. The van der Waals surface area contributed by atoms with E-state index in [0.29, 0.717) is 30.3 Å². The standard InChI is InChI=1S/C18H18N8O2/c1-27-6-7-28-11-4-2-10(3-5-11)15-13-14(21)12(8-19)16(22)25-17(13)26-18(24-15)23-9-20/h2-5,15H,6-7H2,1H3,(H6,21,22,23,24,25,26). The molecule has 3 rings (SSSR count). The van der Waals surface area contributed by atoms with Gasteiger partial charge in [0.05, 0.1) is 12.3 Å². The summed E-state index contributed by atoms with van der Waals surface area (Å²) in [6.07, 6.45) is 1.81. The molecule has 0 aliphatic carbocycles. The summed E-state index contributed by atoms with van der Waals surface area (Å²) in [7, 11) is 1.60. The number of rotatable bonds is 5. The molecule has 0 radical (unpaired) electrons. The lowest BCUT2D eigenvalue weighted by molar-refractivity contribution is 0.146. The van der Waals surface area contributed by atoms with E-state index in [4.69, 9.17) is 26.2 Å². The second-order valence-corrected chi connectivity index (χ2v) is 5.81. The van der Waals surface area contributed by atoms with E-state index >= 15 is 0 Å². The van der Waals surface area contributed by atoms with Crippen LogP contribution in [0, 0.1) is 22.8 Å². The Morgan fingerprint density at radius 2 is 1.96 bits per heavy atom. The molecule has 1 atom stereocenters. The van der Waals surface area contributed by atoms with Gasteiger partial charge in [-0.3, -0.25) is 5.32 Å². The highest BCUT2D eigenvalue weighted by molar-refractivity contribution is 5.98. The zero-order valence-electron chi connectivity index (χ0n) is 15.1. The number of pyridine rings is 1. The summed E-state index contributed by atoms with van der Waals surface area (Å²) < 4.78 is 10.5. The molecule has 0 saturated heterocycles. The number of guanidine groups is 1. The number of nitrogens with one attached hydrogen (secondary N) is 2. The molecule has 10 heteroatoms. The third-order valence-electron chi connectivity index (χ3n) is 4.11. The summed E-state index contributed by atoms with van der Waals surface area (Å²) in [6, 6.07) is 8.64. The first-order chi connectivity index (χ1) is 13.6. The number of ether oxygens (including phenoxy) is 2. The number of methoxy groups -OCH3 is 1. The van der Waals surface area contributed by atoms with Gasteiger partial charge in [0, 0.05) is 12.7 Å². The fourth-order valence-electron chi connectivity index (χ4n) is 2.81. The summed E-state index contributed by atoms with van der Waals surface area (Å²) in [4.78, 5) is 8.71. The Kier molecular flexibility index (Phi) is 5.44. The van der Waals surface area contributed by atoms with Gasteiger partial charge < -0.3 is 26.3 Å². The lowest BCUT2D eigenvalue weighted by Crippen LogP contribution is -2.32. The summed E-state index contributed by atoms with van der Waals surface area (Å²) >= 11 is 0. The maximum Gasteiger partial charge on any atom is 0.211 e. The third kappa shape index (κ3) is 3.58. The predicted molar refractivity (Wildman–Crippen MR) is 103 cm³/mol. The summed E-state index contributed by atoms with van der Waals surface area (Å²) in [5, 5.41) is 23.6. The Labute approximate surface area is 161 Å². The molecule has 2 aromatic rings. The molecule has 1 aromatic heterocycles. The van der Waals surface area contributed by atoms with E-state index < -0.39 is 6.04 Å². The molecule has 1 aromatic carbocycles. The molecular weight excluding hydrogens is 360 g/mol. The van der Waals surface area contributed by atoms with Crippen LogP contribution in [0.25, 0.3) is 0 Å². The number of nitrogens with two attached hydrogens (primary N) is 2. The van der Waals surface area contributed by atoms with Crippen LogP contribution in [0.15, 0.2) is 29.3 Å². The minimum Gasteiger partial charge on any atom is -0.491 e. The van der Waals surface area contributed by atoms with Gasteiger partial charge in [0.25, 0.3) is 0 Å². The van der Waals surface area contributed by atoms with Gasteiger partial charge in [0.2, 0.25) is 5.96 Å². The van der Waals surface area contributed by atoms with Crippen molar-refractivity contribution >= 4 is 23.3 Å². The Balaban J connectivity index is 2.02. The molecule has 10 nitrogen and oxygen atoms in total. The van der Waals surface area contributed by atoms with E-state index in [1.807, 2.05) is 24.4 Å². The van der Waals surface area contributed by atoms with E-state index in [-0.39, 0.29) is 23.0 Å². The van der Waals surface area contributed by atoms with Crippen LogP contribution >= 0.6 is 0 Å². The van der Waals surface area contributed by atoms with Crippen molar-refractivity contribution in [3.63, 3.8) is 0 Å². The molecular formula is C18H18N8O2. The van der Waals surface area contributed by atoms with Crippen molar-refractivity contribution in [3.8, 4) is 18.0 Å². The normalized spacial score (nSPS) is 14.7. The van der Waals surface area contributed by atoms with Crippen LogP contribution in [0.5, 0.6) is 5.75 Å². The highest BCUT2D eigenvalue weighted by Gasteiger charge is 2.29. The number of benzene rings is 1. The number of anilines is 3. The monoisotopic (exact) mass is 378 g/mol. The first-order valence-electron chi connectivity index (χ1n) is 8.29. The van der Waals surface area contributed by atoms with Gasteiger partial charge in [-0.1, -0.05) is 12.1 Å². The first kappa shape index (κ1) is 18.8. The van der Waals surface area contributed by atoms with Crippen molar-refractivity contribution < 1.29 is 9.47 Å². The van der Waals surface area contributed by atoms with Crippen molar-refractivity contribution in [3.05, 3.63) is 41.0 Å². The SMILES string of the molecule is COCCOc1ccc(C2N=C(NC#N)Nc3nc(N)c(C#N)c(N)c32)cc1. The van der Waals surface area contributed by atoms with Gasteiger partial charge in [-0.2, -0.15) is 10.5 Å². The lowest BCUT2D eigenvalue weighted by atomic mass is 9.95. The van der Waals surface area contributed by atoms with Crippen LogP contribution in [0.3, 0.4) is 0 Å². The molecule has 28 heavy (non-hydrogen) atoms. The fraction of sp³-hybridized carbons (Fsp3) is 0.222. The largest absolute Gasteiger partial charge is 0.491 e. The lowest BCUT2D eigenvalue weighted by Gasteiger charge is -2.26. The maximum absolute atomic E-state index is 9.34. The molecule has 142 valence electrons. The summed E-state index contributed by atoms with van der Waals surface area (Å²) in [6.45, 7) is 0.916.